The van der Waals surface area contributed by atoms with Crippen molar-refractivity contribution in [3.8, 4) is 11.5 Å². The molecule has 0 saturated carbocycles. The predicted molar refractivity (Wildman–Crippen MR) is 76.3 cm³/mol. The van der Waals surface area contributed by atoms with Gasteiger partial charge in [-0.2, -0.15) is 0 Å². The minimum atomic E-state index is 0.211. The van der Waals surface area contributed by atoms with Crippen LogP contribution in [-0.4, -0.2) is 25.9 Å². The third-order valence-electron chi connectivity index (χ3n) is 3.10. The minimum absolute atomic E-state index is 0.211. The fourth-order valence-electron chi connectivity index (χ4n) is 2.05. The van der Waals surface area contributed by atoms with Gasteiger partial charge in [-0.25, -0.2) is 0 Å². The Hall–Kier alpha value is -0.930. The molecule has 1 saturated heterocycles. The summed E-state index contributed by atoms with van der Waals surface area (Å²) in [7, 11) is 0. The first-order valence-corrected chi connectivity index (χ1v) is 7.43. The number of hydrogen-bond acceptors (Lipinski definition) is 3. The Kier molecular flexibility index (Phi) is 5.80. The molecule has 1 heterocycles. The van der Waals surface area contributed by atoms with Gasteiger partial charge in [-0.15, -0.1) is 11.6 Å². The zero-order valence-corrected chi connectivity index (χ0v) is 12.1. The van der Waals surface area contributed by atoms with Gasteiger partial charge in [0.15, 0.2) is 0 Å². The van der Waals surface area contributed by atoms with Crippen molar-refractivity contribution in [2.24, 2.45) is 0 Å². The first-order valence-electron chi connectivity index (χ1n) is 6.89. The molecule has 0 spiro atoms. The Morgan fingerprint density at radius 3 is 2.95 bits per heavy atom. The molecule has 1 fully saturated rings. The smallest absolute Gasteiger partial charge is 0.127 e. The number of rotatable bonds is 7. The van der Waals surface area contributed by atoms with Crippen LogP contribution in [0.15, 0.2) is 18.2 Å². The zero-order valence-electron chi connectivity index (χ0n) is 11.4. The highest BCUT2D eigenvalue weighted by Gasteiger charge is 2.17. The molecule has 3 nitrogen and oxygen atoms in total. The van der Waals surface area contributed by atoms with Gasteiger partial charge < -0.3 is 14.2 Å². The predicted octanol–water partition coefficient (Wildman–Crippen LogP) is 3.77. The molecule has 1 atom stereocenters. The molecule has 106 valence electrons. The van der Waals surface area contributed by atoms with Crippen molar-refractivity contribution in [2.45, 2.75) is 38.2 Å². The van der Waals surface area contributed by atoms with Crippen molar-refractivity contribution in [1.29, 1.82) is 0 Å². The summed E-state index contributed by atoms with van der Waals surface area (Å²) in [5, 5.41) is 0. The van der Waals surface area contributed by atoms with Crippen LogP contribution in [0.1, 0.15) is 31.7 Å². The van der Waals surface area contributed by atoms with E-state index in [2.05, 4.69) is 6.92 Å². The van der Waals surface area contributed by atoms with Gasteiger partial charge in [-0.3, -0.25) is 0 Å². The highest BCUT2D eigenvalue weighted by atomic mass is 35.5. The van der Waals surface area contributed by atoms with Crippen LogP contribution in [0, 0.1) is 0 Å². The second kappa shape index (κ2) is 7.61. The molecule has 4 heteroatoms. The van der Waals surface area contributed by atoms with Crippen LogP contribution in [0.3, 0.4) is 0 Å². The van der Waals surface area contributed by atoms with Crippen LogP contribution in [0.4, 0.5) is 0 Å². The summed E-state index contributed by atoms with van der Waals surface area (Å²) < 4.78 is 17.0. The van der Waals surface area contributed by atoms with Gasteiger partial charge in [0.1, 0.15) is 18.1 Å². The molecule has 1 aliphatic rings. The largest absolute Gasteiger partial charge is 0.493 e. The number of ether oxygens (including phenoxy) is 3. The average Bonchev–Trinajstić information content (AvgIpc) is 2.96. The van der Waals surface area contributed by atoms with Crippen molar-refractivity contribution in [2.75, 3.05) is 19.8 Å². The van der Waals surface area contributed by atoms with E-state index in [1.807, 2.05) is 18.2 Å². The standard InChI is InChI=1S/C15H21ClO3/c1-2-7-17-13-6-5-12(10-16)15(9-13)19-11-14-4-3-8-18-14/h5-6,9,14H,2-4,7-8,10-11H2,1H3. The highest BCUT2D eigenvalue weighted by molar-refractivity contribution is 6.17. The van der Waals surface area contributed by atoms with Crippen LogP contribution >= 0.6 is 11.6 Å². The molecule has 1 aliphatic heterocycles. The lowest BCUT2D eigenvalue weighted by Gasteiger charge is -2.15. The van der Waals surface area contributed by atoms with E-state index >= 15 is 0 Å². The summed E-state index contributed by atoms with van der Waals surface area (Å²) in [6.07, 6.45) is 3.39. The molecular formula is C15H21ClO3. The molecule has 1 unspecified atom stereocenters. The van der Waals surface area contributed by atoms with Gasteiger partial charge in [0.2, 0.25) is 0 Å². The maximum absolute atomic E-state index is 5.93. The van der Waals surface area contributed by atoms with Crippen molar-refractivity contribution in [1.82, 2.24) is 0 Å². The maximum atomic E-state index is 5.93. The van der Waals surface area contributed by atoms with Gasteiger partial charge in [0.25, 0.3) is 0 Å². The van der Waals surface area contributed by atoms with Gasteiger partial charge >= 0.3 is 0 Å². The SMILES string of the molecule is CCCOc1ccc(CCl)c(OCC2CCCO2)c1. The van der Waals surface area contributed by atoms with Gasteiger partial charge in [0.05, 0.1) is 18.6 Å². The second-order valence-electron chi connectivity index (χ2n) is 4.70. The molecule has 0 amide bonds. The van der Waals surface area contributed by atoms with E-state index in [4.69, 9.17) is 25.8 Å². The van der Waals surface area contributed by atoms with Crippen molar-refractivity contribution >= 4 is 11.6 Å². The summed E-state index contributed by atoms with van der Waals surface area (Å²) in [5.41, 5.74) is 0.989. The lowest BCUT2D eigenvalue weighted by atomic mass is 10.2. The Morgan fingerprint density at radius 2 is 2.26 bits per heavy atom. The summed E-state index contributed by atoms with van der Waals surface area (Å²) in [4.78, 5) is 0. The number of alkyl halides is 1. The second-order valence-corrected chi connectivity index (χ2v) is 4.96. The molecule has 0 aromatic heterocycles. The lowest BCUT2D eigenvalue weighted by molar-refractivity contribution is 0.0676. The molecule has 0 N–H and O–H groups in total. The van der Waals surface area contributed by atoms with E-state index in [9.17, 15) is 0 Å². The summed E-state index contributed by atoms with van der Waals surface area (Å²) in [5.74, 6) is 2.08. The summed E-state index contributed by atoms with van der Waals surface area (Å²) >= 11 is 5.93. The quantitative estimate of drug-likeness (QED) is 0.713. The molecule has 19 heavy (non-hydrogen) atoms. The first-order chi connectivity index (χ1) is 9.33. The van der Waals surface area contributed by atoms with Crippen molar-refractivity contribution in [3.05, 3.63) is 23.8 Å². The maximum Gasteiger partial charge on any atom is 0.127 e. The summed E-state index contributed by atoms with van der Waals surface area (Å²) in [6, 6.07) is 5.82. The normalized spacial score (nSPS) is 18.5. The Balaban J connectivity index is 1.98. The Labute approximate surface area is 119 Å². The molecule has 2 rings (SSSR count). The van der Waals surface area contributed by atoms with Crippen LogP contribution in [0.5, 0.6) is 11.5 Å². The van der Waals surface area contributed by atoms with E-state index in [0.717, 1.165) is 42.9 Å². The van der Waals surface area contributed by atoms with Gasteiger partial charge in [-0.1, -0.05) is 13.0 Å². The molecule has 0 radical (unpaired) electrons. The number of halogens is 1. The van der Waals surface area contributed by atoms with E-state index in [1.54, 1.807) is 0 Å². The van der Waals surface area contributed by atoms with E-state index in [-0.39, 0.29) is 6.10 Å². The monoisotopic (exact) mass is 284 g/mol. The number of hydrogen-bond donors (Lipinski definition) is 0. The third-order valence-corrected chi connectivity index (χ3v) is 3.39. The van der Waals surface area contributed by atoms with Crippen molar-refractivity contribution in [3.63, 3.8) is 0 Å². The molecule has 1 aromatic carbocycles. The topological polar surface area (TPSA) is 27.7 Å². The lowest BCUT2D eigenvalue weighted by Crippen LogP contribution is -2.16. The molecular weight excluding hydrogens is 264 g/mol. The fourth-order valence-corrected chi connectivity index (χ4v) is 2.27. The van der Waals surface area contributed by atoms with Crippen LogP contribution in [0.25, 0.3) is 0 Å². The number of benzene rings is 1. The summed E-state index contributed by atoms with van der Waals surface area (Å²) in [6.45, 7) is 4.23. The molecule has 0 aliphatic carbocycles. The highest BCUT2D eigenvalue weighted by Crippen LogP contribution is 2.27. The van der Waals surface area contributed by atoms with Crippen LogP contribution < -0.4 is 9.47 Å². The van der Waals surface area contributed by atoms with E-state index in [0.29, 0.717) is 19.1 Å². The van der Waals surface area contributed by atoms with Crippen molar-refractivity contribution < 1.29 is 14.2 Å². The Bertz CT molecular complexity index is 389. The first kappa shape index (κ1) is 14.5. The van der Waals surface area contributed by atoms with Crippen LogP contribution in [-0.2, 0) is 10.6 Å². The van der Waals surface area contributed by atoms with Gasteiger partial charge in [-0.05, 0) is 25.3 Å². The third kappa shape index (κ3) is 4.29. The van der Waals surface area contributed by atoms with Crippen LogP contribution in [0.2, 0.25) is 0 Å². The minimum Gasteiger partial charge on any atom is -0.493 e. The fraction of sp³-hybridized carbons (Fsp3) is 0.600. The van der Waals surface area contributed by atoms with Gasteiger partial charge in [0, 0.05) is 18.2 Å². The molecule has 1 aromatic rings. The van der Waals surface area contributed by atoms with E-state index < -0.39 is 0 Å². The van der Waals surface area contributed by atoms with E-state index in [1.165, 1.54) is 0 Å². The molecule has 0 bridgehead atoms. The Morgan fingerprint density at radius 1 is 1.37 bits per heavy atom. The zero-order chi connectivity index (χ0) is 13.5. The average molecular weight is 285 g/mol.